The molecular weight excluding hydrogens is 244 g/mol. The van der Waals surface area contributed by atoms with E-state index in [1.54, 1.807) is 0 Å². The van der Waals surface area contributed by atoms with E-state index in [9.17, 15) is 5.11 Å². The lowest BCUT2D eigenvalue weighted by molar-refractivity contribution is 0.0936. The van der Waals surface area contributed by atoms with E-state index in [1.807, 2.05) is 6.07 Å². The number of aliphatic hydroxyl groups is 1. The number of aliphatic hydroxyl groups excluding tert-OH is 1. The summed E-state index contributed by atoms with van der Waals surface area (Å²) < 4.78 is 0. The van der Waals surface area contributed by atoms with Crippen molar-refractivity contribution in [2.75, 3.05) is 0 Å². The molecule has 0 aromatic heterocycles. The summed E-state index contributed by atoms with van der Waals surface area (Å²) in [7, 11) is 0. The van der Waals surface area contributed by atoms with Gasteiger partial charge in [0.15, 0.2) is 0 Å². The lowest BCUT2D eigenvalue weighted by atomic mass is 9.78. The number of hydrogen-bond donors (Lipinski definition) is 1. The highest BCUT2D eigenvalue weighted by atomic mass is 16.3. The normalized spacial score (nSPS) is 21.6. The predicted molar refractivity (Wildman–Crippen MR) is 82.8 cm³/mol. The summed E-state index contributed by atoms with van der Waals surface area (Å²) >= 11 is 0. The van der Waals surface area contributed by atoms with Gasteiger partial charge in [-0.15, -0.1) is 0 Å². The van der Waals surface area contributed by atoms with Crippen LogP contribution in [0.2, 0.25) is 0 Å². The third-order valence-corrected chi connectivity index (χ3v) is 4.59. The van der Waals surface area contributed by atoms with Gasteiger partial charge in [0.2, 0.25) is 0 Å². The summed E-state index contributed by atoms with van der Waals surface area (Å²) in [6.45, 7) is 4.30. The highest BCUT2D eigenvalue weighted by Crippen LogP contribution is 2.36. The molecular formula is C19H22O. The van der Waals surface area contributed by atoms with Gasteiger partial charge in [0, 0.05) is 0 Å². The van der Waals surface area contributed by atoms with Crippen molar-refractivity contribution < 1.29 is 5.11 Å². The van der Waals surface area contributed by atoms with Crippen molar-refractivity contribution in [2.45, 2.75) is 39.2 Å². The number of rotatable bonds is 2. The lowest BCUT2D eigenvalue weighted by Gasteiger charge is -2.30. The van der Waals surface area contributed by atoms with Gasteiger partial charge >= 0.3 is 0 Å². The quantitative estimate of drug-likeness (QED) is 0.866. The van der Waals surface area contributed by atoms with Crippen LogP contribution in [0.5, 0.6) is 0 Å². The van der Waals surface area contributed by atoms with Crippen molar-refractivity contribution in [3.63, 3.8) is 0 Å². The van der Waals surface area contributed by atoms with E-state index in [0.717, 1.165) is 24.8 Å². The summed E-state index contributed by atoms with van der Waals surface area (Å²) in [5.74, 6) is 0.338. The summed E-state index contributed by atoms with van der Waals surface area (Å²) in [5, 5.41) is 10.6. The van der Waals surface area contributed by atoms with E-state index in [0.29, 0.717) is 5.92 Å². The molecule has 1 N–H and O–H groups in total. The summed E-state index contributed by atoms with van der Waals surface area (Å²) in [6.07, 6.45) is 2.82. The fraction of sp³-hybridized carbons (Fsp3) is 0.368. The van der Waals surface area contributed by atoms with Crippen molar-refractivity contribution in [1.82, 2.24) is 0 Å². The minimum atomic E-state index is -0.320. The molecule has 2 aromatic rings. The number of fused-ring (bicyclic) bond motifs is 1. The zero-order chi connectivity index (χ0) is 14.1. The molecule has 0 aliphatic heterocycles. The molecule has 2 aromatic carbocycles. The van der Waals surface area contributed by atoms with Crippen LogP contribution in [0.3, 0.4) is 0 Å². The Morgan fingerprint density at radius 1 is 1.10 bits per heavy atom. The Hall–Kier alpha value is -1.60. The molecule has 0 saturated carbocycles. The molecule has 2 atom stereocenters. The van der Waals surface area contributed by atoms with Crippen molar-refractivity contribution in [1.29, 1.82) is 0 Å². The number of hydrogen-bond acceptors (Lipinski definition) is 1. The zero-order valence-electron chi connectivity index (χ0n) is 12.3. The Bertz CT molecular complexity index is 615. The molecule has 104 valence electrons. The number of aryl methyl sites for hydroxylation is 3. The average molecular weight is 266 g/mol. The monoisotopic (exact) mass is 266 g/mol. The molecule has 3 rings (SSSR count). The van der Waals surface area contributed by atoms with Gasteiger partial charge in [-0.05, 0) is 61.3 Å². The molecule has 1 heteroatoms. The maximum Gasteiger partial charge on any atom is 0.0824 e. The Labute approximate surface area is 121 Å². The molecule has 20 heavy (non-hydrogen) atoms. The number of benzene rings is 2. The van der Waals surface area contributed by atoms with Crippen LogP contribution in [0.1, 0.15) is 40.3 Å². The molecule has 0 spiro atoms. The largest absolute Gasteiger partial charge is 0.388 e. The highest BCUT2D eigenvalue weighted by molar-refractivity contribution is 5.34. The molecule has 1 aliphatic rings. The van der Waals surface area contributed by atoms with Crippen molar-refractivity contribution in [3.05, 3.63) is 70.3 Å². The summed E-state index contributed by atoms with van der Waals surface area (Å²) in [5.41, 5.74) is 6.47. The fourth-order valence-electron chi connectivity index (χ4n) is 3.32. The van der Waals surface area contributed by atoms with Gasteiger partial charge in [0.05, 0.1) is 6.10 Å². The Morgan fingerprint density at radius 2 is 1.90 bits per heavy atom. The first-order valence-corrected chi connectivity index (χ1v) is 7.47. The second-order valence-electron chi connectivity index (χ2n) is 6.08. The minimum absolute atomic E-state index is 0.320. The van der Waals surface area contributed by atoms with E-state index in [-0.39, 0.29) is 6.10 Å². The molecule has 1 nitrogen and oxygen atoms in total. The van der Waals surface area contributed by atoms with Crippen LogP contribution in [-0.4, -0.2) is 5.11 Å². The van der Waals surface area contributed by atoms with Crippen LogP contribution in [0.25, 0.3) is 0 Å². The van der Waals surface area contributed by atoms with E-state index in [2.05, 4.69) is 50.2 Å². The third kappa shape index (κ3) is 2.51. The van der Waals surface area contributed by atoms with Gasteiger partial charge in [-0.2, -0.15) is 0 Å². The molecule has 0 radical (unpaired) electrons. The topological polar surface area (TPSA) is 20.2 Å². The van der Waals surface area contributed by atoms with Gasteiger partial charge < -0.3 is 5.11 Å². The van der Waals surface area contributed by atoms with Crippen LogP contribution < -0.4 is 0 Å². The lowest BCUT2D eigenvalue weighted by Crippen LogP contribution is -2.22. The zero-order valence-corrected chi connectivity index (χ0v) is 12.3. The first-order chi connectivity index (χ1) is 9.65. The minimum Gasteiger partial charge on any atom is -0.388 e. The van der Waals surface area contributed by atoms with Gasteiger partial charge in [-0.25, -0.2) is 0 Å². The second-order valence-corrected chi connectivity index (χ2v) is 6.08. The first-order valence-electron chi connectivity index (χ1n) is 7.47. The molecule has 0 saturated heterocycles. The van der Waals surface area contributed by atoms with Crippen LogP contribution in [0.4, 0.5) is 0 Å². The van der Waals surface area contributed by atoms with Crippen LogP contribution in [-0.2, 0) is 12.8 Å². The first kappa shape index (κ1) is 13.4. The van der Waals surface area contributed by atoms with Crippen LogP contribution >= 0.6 is 0 Å². The van der Waals surface area contributed by atoms with Crippen molar-refractivity contribution in [3.8, 4) is 0 Å². The van der Waals surface area contributed by atoms with Crippen molar-refractivity contribution in [2.24, 2.45) is 5.92 Å². The molecule has 1 aliphatic carbocycles. The van der Waals surface area contributed by atoms with E-state index in [1.165, 1.54) is 22.3 Å². The fourth-order valence-corrected chi connectivity index (χ4v) is 3.32. The summed E-state index contributed by atoms with van der Waals surface area (Å²) in [6, 6.07) is 14.9. The Balaban J connectivity index is 1.84. The Kier molecular flexibility index (Phi) is 3.62. The Morgan fingerprint density at radius 3 is 2.75 bits per heavy atom. The van der Waals surface area contributed by atoms with Gasteiger partial charge in [0.1, 0.15) is 0 Å². The van der Waals surface area contributed by atoms with Crippen LogP contribution in [0, 0.1) is 19.8 Å². The highest BCUT2D eigenvalue weighted by Gasteiger charge is 2.27. The van der Waals surface area contributed by atoms with Crippen molar-refractivity contribution >= 4 is 0 Å². The third-order valence-electron chi connectivity index (χ3n) is 4.59. The predicted octanol–water partition coefficient (Wildman–Crippen LogP) is 4.14. The smallest absolute Gasteiger partial charge is 0.0824 e. The summed E-state index contributed by atoms with van der Waals surface area (Å²) in [4.78, 5) is 0. The molecule has 0 fully saturated rings. The van der Waals surface area contributed by atoms with Gasteiger partial charge in [-0.3, -0.25) is 0 Å². The molecule has 0 amide bonds. The van der Waals surface area contributed by atoms with Gasteiger partial charge in [-0.1, -0.05) is 48.0 Å². The molecule has 0 heterocycles. The van der Waals surface area contributed by atoms with E-state index in [4.69, 9.17) is 0 Å². The average Bonchev–Trinajstić information content (AvgIpc) is 2.46. The standard InChI is InChI=1S/C19H22O/c1-13-7-8-14(2)17(11-13)12-16-10-9-15-5-3-4-6-18(15)19(16)20/h3-8,11,16,19-20H,9-10,12H2,1-2H3. The molecule has 2 unspecified atom stereocenters. The second kappa shape index (κ2) is 5.41. The maximum atomic E-state index is 10.6. The van der Waals surface area contributed by atoms with Crippen LogP contribution in [0.15, 0.2) is 42.5 Å². The van der Waals surface area contributed by atoms with E-state index >= 15 is 0 Å². The molecule has 0 bridgehead atoms. The van der Waals surface area contributed by atoms with E-state index < -0.39 is 0 Å². The SMILES string of the molecule is Cc1ccc(C)c(CC2CCc3ccccc3C2O)c1. The van der Waals surface area contributed by atoms with Gasteiger partial charge in [0.25, 0.3) is 0 Å². The maximum absolute atomic E-state index is 10.6.